The summed E-state index contributed by atoms with van der Waals surface area (Å²) in [6, 6.07) is 10.4. The first-order chi connectivity index (χ1) is 15.2. The number of methoxy groups -OCH3 is 1. The molecule has 1 unspecified atom stereocenters. The van der Waals surface area contributed by atoms with Gasteiger partial charge in [0.15, 0.2) is 0 Å². The zero-order valence-electron chi connectivity index (χ0n) is 18.2. The second-order valence-corrected chi connectivity index (χ2v) is 9.90. The first-order valence-corrected chi connectivity index (χ1v) is 12.0. The van der Waals surface area contributed by atoms with E-state index in [1.165, 1.54) is 12.1 Å². The molecule has 1 atom stereocenters. The molecule has 32 heavy (non-hydrogen) atoms. The Morgan fingerprint density at radius 2 is 1.81 bits per heavy atom. The lowest BCUT2D eigenvalue weighted by Crippen LogP contribution is -2.37. The van der Waals surface area contributed by atoms with E-state index in [9.17, 15) is 23.6 Å². The number of aliphatic hydroxyl groups is 1. The van der Waals surface area contributed by atoms with Gasteiger partial charge in [-0.05, 0) is 61.4 Å². The lowest BCUT2D eigenvalue weighted by Gasteiger charge is -2.26. The van der Waals surface area contributed by atoms with Crippen molar-refractivity contribution in [3.63, 3.8) is 0 Å². The van der Waals surface area contributed by atoms with Gasteiger partial charge in [0.1, 0.15) is 11.4 Å². The number of hydrogen-bond donors (Lipinski definition) is 3. The second kappa shape index (κ2) is 10.3. The van der Waals surface area contributed by atoms with E-state index in [2.05, 4.69) is 17.0 Å². The van der Waals surface area contributed by atoms with Crippen LogP contribution in [0.3, 0.4) is 0 Å². The van der Waals surface area contributed by atoms with Gasteiger partial charge in [0.05, 0.1) is 23.0 Å². The van der Waals surface area contributed by atoms with Crippen molar-refractivity contribution in [1.82, 2.24) is 4.72 Å². The molecule has 9 nitrogen and oxygen atoms in total. The fourth-order valence-corrected chi connectivity index (χ4v) is 5.12. The number of aliphatic hydroxyl groups excluding tert-OH is 1. The van der Waals surface area contributed by atoms with E-state index in [0.717, 1.165) is 31.7 Å². The molecular weight excluding hydrogens is 434 g/mol. The maximum absolute atomic E-state index is 12.8. The second-order valence-electron chi connectivity index (χ2n) is 8.18. The van der Waals surface area contributed by atoms with E-state index in [0.29, 0.717) is 17.2 Å². The lowest BCUT2D eigenvalue weighted by atomic mass is 9.88. The van der Waals surface area contributed by atoms with Crippen LogP contribution in [0, 0.1) is 16.0 Å². The van der Waals surface area contributed by atoms with Crippen LogP contribution in [0.4, 0.5) is 11.4 Å². The molecule has 0 radical (unpaired) electrons. The zero-order valence-corrected chi connectivity index (χ0v) is 19.0. The zero-order chi connectivity index (χ0) is 23.3. The number of sulfonamides is 1. The molecule has 2 aromatic carbocycles. The quantitative estimate of drug-likeness (QED) is 0.382. The maximum Gasteiger partial charge on any atom is 0.293 e. The molecule has 0 amide bonds. The van der Waals surface area contributed by atoms with Gasteiger partial charge < -0.3 is 15.2 Å². The van der Waals surface area contributed by atoms with Crippen LogP contribution in [0.15, 0.2) is 47.4 Å². The molecule has 0 bridgehead atoms. The minimum absolute atomic E-state index is 0.0117. The fraction of sp³-hybridized carbons (Fsp3) is 0.455. The number of ether oxygens (including phenoxy) is 1. The number of anilines is 1. The first kappa shape index (κ1) is 24.0. The Hall–Kier alpha value is -2.69. The van der Waals surface area contributed by atoms with Gasteiger partial charge in [0, 0.05) is 18.7 Å². The molecule has 0 aromatic heterocycles. The summed E-state index contributed by atoms with van der Waals surface area (Å²) < 4.78 is 33.3. The van der Waals surface area contributed by atoms with Gasteiger partial charge in [-0.3, -0.25) is 10.1 Å². The average molecular weight is 464 g/mol. The molecule has 10 heteroatoms. The summed E-state index contributed by atoms with van der Waals surface area (Å²) in [4.78, 5) is 10.8. The Balaban J connectivity index is 1.71. The van der Waals surface area contributed by atoms with Crippen LogP contribution in [0.1, 0.15) is 44.3 Å². The molecule has 1 aliphatic carbocycles. The Morgan fingerprint density at radius 1 is 1.16 bits per heavy atom. The smallest absolute Gasteiger partial charge is 0.293 e. The average Bonchev–Trinajstić information content (AvgIpc) is 2.78. The van der Waals surface area contributed by atoms with Crippen molar-refractivity contribution >= 4 is 21.4 Å². The molecule has 1 saturated carbocycles. The van der Waals surface area contributed by atoms with Crippen LogP contribution in [-0.4, -0.2) is 38.1 Å². The minimum atomic E-state index is -3.87. The summed E-state index contributed by atoms with van der Waals surface area (Å²) in [5.41, 5.74) is 0.381. The van der Waals surface area contributed by atoms with Crippen LogP contribution < -0.4 is 14.8 Å². The molecule has 0 aliphatic heterocycles. The number of rotatable bonds is 9. The molecule has 2 aromatic rings. The summed E-state index contributed by atoms with van der Waals surface area (Å²) in [6.07, 6.45) is 2.50. The summed E-state index contributed by atoms with van der Waals surface area (Å²) in [7, 11) is -2.33. The van der Waals surface area contributed by atoms with Crippen LogP contribution in [-0.2, 0) is 10.0 Å². The Bertz CT molecular complexity index is 1030. The largest absolute Gasteiger partial charge is 0.497 e. The topological polar surface area (TPSA) is 131 Å². The molecule has 3 rings (SSSR count). The highest BCUT2D eigenvalue weighted by Gasteiger charge is 2.26. The van der Waals surface area contributed by atoms with Crippen molar-refractivity contribution in [3.8, 4) is 5.75 Å². The molecule has 0 heterocycles. The Labute approximate surface area is 188 Å². The Morgan fingerprint density at radius 3 is 2.41 bits per heavy atom. The number of benzene rings is 2. The third-order valence-corrected chi connectivity index (χ3v) is 7.32. The van der Waals surface area contributed by atoms with Gasteiger partial charge in [0.25, 0.3) is 5.69 Å². The summed E-state index contributed by atoms with van der Waals surface area (Å²) in [5, 5.41) is 24.8. The highest BCUT2D eigenvalue weighted by molar-refractivity contribution is 7.89. The van der Waals surface area contributed by atoms with Crippen molar-refractivity contribution in [1.29, 1.82) is 0 Å². The van der Waals surface area contributed by atoms with E-state index >= 15 is 0 Å². The van der Waals surface area contributed by atoms with Crippen molar-refractivity contribution in [2.24, 2.45) is 5.92 Å². The fourth-order valence-electron chi connectivity index (χ4n) is 3.80. The normalized spacial score (nSPS) is 19.8. The minimum Gasteiger partial charge on any atom is -0.497 e. The first-order valence-electron chi connectivity index (χ1n) is 10.6. The van der Waals surface area contributed by atoms with Crippen LogP contribution in [0.2, 0.25) is 0 Å². The van der Waals surface area contributed by atoms with Crippen molar-refractivity contribution in [2.45, 2.75) is 49.6 Å². The van der Waals surface area contributed by atoms with Crippen LogP contribution in [0.25, 0.3) is 0 Å². The van der Waals surface area contributed by atoms with Gasteiger partial charge >= 0.3 is 0 Å². The van der Waals surface area contributed by atoms with Crippen LogP contribution >= 0.6 is 0 Å². The van der Waals surface area contributed by atoms with Crippen molar-refractivity contribution < 1.29 is 23.2 Å². The monoisotopic (exact) mass is 463 g/mol. The van der Waals surface area contributed by atoms with Crippen molar-refractivity contribution in [3.05, 3.63) is 58.1 Å². The number of nitrogens with one attached hydrogen (secondary N) is 2. The van der Waals surface area contributed by atoms with Gasteiger partial charge in [0.2, 0.25) is 10.0 Å². The maximum atomic E-state index is 12.8. The van der Waals surface area contributed by atoms with E-state index in [-0.39, 0.29) is 28.9 Å². The molecule has 174 valence electrons. The third kappa shape index (κ3) is 5.96. The SMILES string of the molecule is COc1ccc(C(O)CNc2ccc(S(=O)(=O)NC3CCC(C)CC3)cc2[N+](=O)[O-])cc1. The molecular formula is C22H29N3O6S. The number of nitrogens with zero attached hydrogens (tertiary/aromatic N) is 1. The molecule has 1 fully saturated rings. The standard InChI is InChI=1S/C22H29N3O6S/c1-15-3-7-17(8-4-15)24-32(29,30)19-11-12-20(21(13-19)25(27)28)23-14-22(26)16-5-9-18(31-2)10-6-16/h5-6,9-13,15,17,22-24,26H,3-4,7-8,14H2,1-2H3. The predicted molar refractivity (Wildman–Crippen MR) is 121 cm³/mol. The number of hydrogen-bond acceptors (Lipinski definition) is 7. The summed E-state index contributed by atoms with van der Waals surface area (Å²) >= 11 is 0. The van der Waals surface area contributed by atoms with Crippen molar-refractivity contribution in [2.75, 3.05) is 19.0 Å². The molecule has 0 saturated heterocycles. The highest BCUT2D eigenvalue weighted by Crippen LogP contribution is 2.30. The van der Waals surface area contributed by atoms with E-state index < -0.39 is 21.1 Å². The van der Waals surface area contributed by atoms with Gasteiger partial charge in [-0.2, -0.15) is 0 Å². The Kier molecular flexibility index (Phi) is 7.70. The van der Waals surface area contributed by atoms with Gasteiger partial charge in [-0.15, -0.1) is 0 Å². The molecule has 1 aliphatic rings. The lowest BCUT2D eigenvalue weighted by molar-refractivity contribution is -0.384. The molecule has 3 N–H and O–H groups in total. The number of nitro groups is 1. The summed E-state index contributed by atoms with van der Waals surface area (Å²) in [6.45, 7) is 2.16. The molecule has 0 spiro atoms. The third-order valence-electron chi connectivity index (χ3n) is 5.80. The predicted octanol–water partition coefficient (Wildman–Crippen LogP) is 3.61. The van der Waals surface area contributed by atoms with E-state index in [1.807, 2.05) is 0 Å². The van der Waals surface area contributed by atoms with E-state index in [1.54, 1.807) is 31.4 Å². The van der Waals surface area contributed by atoms with Gasteiger partial charge in [-0.1, -0.05) is 19.1 Å². The van der Waals surface area contributed by atoms with Crippen LogP contribution in [0.5, 0.6) is 5.75 Å². The highest BCUT2D eigenvalue weighted by atomic mass is 32.2. The number of nitro benzene ring substituents is 1. The van der Waals surface area contributed by atoms with Gasteiger partial charge in [-0.25, -0.2) is 13.1 Å². The summed E-state index contributed by atoms with van der Waals surface area (Å²) in [5.74, 6) is 1.23. The van der Waals surface area contributed by atoms with E-state index in [4.69, 9.17) is 4.74 Å².